The third-order valence-corrected chi connectivity index (χ3v) is 8.72. The Balaban J connectivity index is 1.47. The number of piperidine rings is 1. The fourth-order valence-electron chi connectivity index (χ4n) is 4.92. The summed E-state index contributed by atoms with van der Waals surface area (Å²) in [5.74, 6) is 0.341. The zero-order valence-electron chi connectivity index (χ0n) is 18.6. The van der Waals surface area contributed by atoms with E-state index in [1.165, 1.54) is 23.9 Å². The lowest BCUT2D eigenvalue weighted by atomic mass is 9.67. The Morgan fingerprint density at radius 2 is 1.94 bits per heavy atom. The zero-order valence-corrected chi connectivity index (χ0v) is 19.4. The number of hydrogen-bond donors (Lipinski definition) is 1. The molecule has 0 amide bonds. The first-order valence-electron chi connectivity index (χ1n) is 11.0. The van der Waals surface area contributed by atoms with E-state index in [0.29, 0.717) is 25.3 Å². The Morgan fingerprint density at radius 3 is 2.61 bits per heavy atom. The normalized spacial score (nSPS) is 20.6. The van der Waals surface area contributed by atoms with Gasteiger partial charge in [0, 0.05) is 31.7 Å². The number of anilines is 1. The van der Waals surface area contributed by atoms with Gasteiger partial charge in [-0.2, -0.15) is 9.40 Å². The van der Waals surface area contributed by atoms with Crippen LogP contribution in [-0.4, -0.2) is 47.6 Å². The minimum Gasteiger partial charge on any atom is -0.373 e. The number of benzene rings is 1. The molecule has 0 unspecified atom stereocenters. The monoisotopic (exact) mass is 467 g/mol. The average Bonchev–Trinajstić information content (AvgIpc) is 3.24. The fraction of sp³-hybridized carbons (Fsp3) is 0.333. The van der Waals surface area contributed by atoms with E-state index < -0.39 is 10.0 Å². The van der Waals surface area contributed by atoms with Gasteiger partial charge in [0.1, 0.15) is 16.5 Å². The summed E-state index contributed by atoms with van der Waals surface area (Å²) in [5.41, 5.74) is 3.84. The molecule has 3 aromatic rings. The minimum atomic E-state index is -3.65. The van der Waals surface area contributed by atoms with Crippen molar-refractivity contribution in [3.8, 4) is 5.69 Å². The quantitative estimate of drug-likeness (QED) is 0.616. The van der Waals surface area contributed by atoms with E-state index in [2.05, 4.69) is 28.4 Å². The molecule has 0 spiro atoms. The predicted octanol–water partition coefficient (Wildman–Crippen LogP) is 3.88. The number of rotatable bonds is 5. The van der Waals surface area contributed by atoms with Crippen molar-refractivity contribution in [1.82, 2.24) is 19.1 Å². The number of nitrogens with zero attached hydrogens (tertiary/aromatic N) is 4. The van der Waals surface area contributed by atoms with Gasteiger partial charge in [-0.25, -0.2) is 22.5 Å². The van der Waals surface area contributed by atoms with Crippen molar-refractivity contribution in [2.24, 2.45) is 5.41 Å². The van der Waals surface area contributed by atoms with Gasteiger partial charge in [0.2, 0.25) is 10.0 Å². The van der Waals surface area contributed by atoms with Crippen molar-refractivity contribution in [3.63, 3.8) is 0 Å². The molecule has 33 heavy (non-hydrogen) atoms. The van der Waals surface area contributed by atoms with Crippen LogP contribution in [0, 0.1) is 11.2 Å². The first-order chi connectivity index (χ1) is 15.9. The van der Waals surface area contributed by atoms with Crippen LogP contribution in [-0.2, 0) is 16.4 Å². The lowest BCUT2D eigenvalue weighted by Gasteiger charge is -2.45. The van der Waals surface area contributed by atoms with Crippen LogP contribution in [0.5, 0.6) is 0 Å². The van der Waals surface area contributed by atoms with E-state index in [4.69, 9.17) is 0 Å². The predicted molar refractivity (Wildman–Crippen MR) is 125 cm³/mol. The SMILES string of the molecule is CC[C@]12Cc3cnn(-c4ccc(F)cc4)c3C=C1CCN(S(=O)(=O)c1ccc(NC)nc1)C2. The molecule has 2 aliphatic rings. The van der Waals surface area contributed by atoms with Gasteiger partial charge >= 0.3 is 0 Å². The third-order valence-electron chi connectivity index (χ3n) is 6.89. The summed E-state index contributed by atoms with van der Waals surface area (Å²) < 4.78 is 43.6. The van der Waals surface area contributed by atoms with E-state index in [1.54, 1.807) is 35.6 Å². The molecular formula is C24H26FN5O2S. The number of fused-ring (bicyclic) bond motifs is 2. The molecule has 0 bridgehead atoms. The minimum absolute atomic E-state index is 0.209. The second-order valence-corrected chi connectivity index (χ2v) is 10.6. The number of aromatic nitrogens is 3. The van der Waals surface area contributed by atoms with Crippen LogP contribution in [0.3, 0.4) is 0 Å². The maximum Gasteiger partial charge on any atom is 0.244 e. The van der Waals surface area contributed by atoms with Crippen molar-refractivity contribution in [2.45, 2.75) is 31.1 Å². The van der Waals surface area contributed by atoms with Crippen molar-refractivity contribution in [1.29, 1.82) is 0 Å². The molecule has 1 aromatic carbocycles. The Hall–Kier alpha value is -3.04. The number of halogens is 1. The molecule has 2 aromatic heterocycles. The van der Waals surface area contributed by atoms with Crippen molar-refractivity contribution in [3.05, 3.63) is 71.4 Å². The van der Waals surface area contributed by atoms with Gasteiger partial charge in [-0.3, -0.25) is 0 Å². The maximum absolute atomic E-state index is 13.4. The molecule has 5 rings (SSSR count). The smallest absolute Gasteiger partial charge is 0.244 e. The summed E-state index contributed by atoms with van der Waals surface area (Å²) in [6, 6.07) is 9.56. The average molecular weight is 468 g/mol. The number of nitrogens with one attached hydrogen (secondary N) is 1. The van der Waals surface area contributed by atoms with Gasteiger partial charge in [-0.15, -0.1) is 0 Å². The molecule has 1 aliphatic heterocycles. The third kappa shape index (κ3) is 3.65. The van der Waals surface area contributed by atoms with Crippen LogP contribution in [0.15, 0.2) is 59.3 Å². The maximum atomic E-state index is 13.4. The summed E-state index contributed by atoms with van der Waals surface area (Å²) in [6.45, 7) is 2.96. The second-order valence-electron chi connectivity index (χ2n) is 8.64. The molecule has 3 heterocycles. The molecule has 1 fully saturated rings. The van der Waals surface area contributed by atoms with E-state index in [9.17, 15) is 12.8 Å². The standard InChI is InChI=1S/C24H26FN5O2S/c1-3-24-13-17-14-28-30(20-6-4-19(25)5-7-20)22(17)12-18(24)10-11-29(16-24)33(31,32)21-8-9-23(26-2)27-15-21/h4-9,12,14-15H,3,10-11,13,16H2,1-2H3,(H,26,27)/t24-/m1/s1. The Bertz CT molecular complexity index is 1320. The zero-order chi connectivity index (χ0) is 23.2. The highest BCUT2D eigenvalue weighted by Gasteiger charge is 2.44. The van der Waals surface area contributed by atoms with Crippen LogP contribution in [0.4, 0.5) is 10.2 Å². The molecule has 1 saturated heterocycles. The molecule has 1 N–H and O–H groups in total. The van der Waals surface area contributed by atoms with Crippen LogP contribution < -0.4 is 5.32 Å². The van der Waals surface area contributed by atoms with Crippen molar-refractivity contribution < 1.29 is 12.8 Å². The van der Waals surface area contributed by atoms with Crippen LogP contribution in [0.25, 0.3) is 11.8 Å². The van der Waals surface area contributed by atoms with E-state index in [-0.39, 0.29) is 16.1 Å². The number of sulfonamides is 1. The summed E-state index contributed by atoms with van der Waals surface area (Å²) in [7, 11) is -1.90. The van der Waals surface area contributed by atoms with Crippen molar-refractivity contribution in [2.75, 3.05) is 25.5 Å². The molecule has 9 heteroatoms. The van der Waals surface area contributed by atoms with Gasteiger partial charge in [-0.1, -0.05) is 12.5 Å². The summed E-state index contributed by atoms with van der Waals surface area (Å²) >= 11 is 0. The summed E-state index contributed by atoms with van der Waals surface area (Å²) in [4.78, 5) is 4.39. The van der Waals surface area contributed by atoms with Gasteiger partial charge in [0.15, 0.2) is 0 Å². The molecule has 0 saturated carbocycles. The largest absolute Gasteiger partial charge is 0.373 e. The summed E-state index contributed by atoms with van der Waals surface area (Å²) in [6.07, 6.45) is 7.61. The second kappa shape index (κ2) is 8.07. The molecule has 0 radical (unpaired) electrons. The van der Waals surface area contributed by atoms with E-state index in [0.717, 1.165) is 29.8 Å². The topological polar surface area (TPSA) is 80.1 Å². The van der Waals surface area contributed by atoms with Crippen LogP contribution in [0.1, 0.15) is 31.0 Å². The highest BCUT2D eigenvalue weighted by molar-refractivity contribution is 7.89. The van der Waals surface area contributed by atoms with Gasteiger partial charge in [-0.05, 0) is 67.3 Å². The van der Waals surface area contributed by atoms with E-state index in [1.807, 2.05) is 10.9 Å². The lowest BCUT2D eigenvalue weighted by Crippen LogP contribution is -2.49. The number of pyridine rings is 1. The molecule has 7 nitrogen and oxygen atoms in total. The Kier molecular flexibility index (Phi) is 5.33. The highest BCUT2D eigenvalue weighted by atomic mass is 32.2. The molecule has 172 valence electrons. The van der Waals surface area contributed by atoms with E-state index >= 15 is 0 Å². The fourth-order valence-corrected chi connectivity index (χ4v) is 6.39. The Morgan fingerprint density at radius 1 is 1.15 bits per heavy atom. The Labute approximate surface area is 193 Å². The first kappa shape index (κ1) is 21.8. The molecule has 1 aliphatic carbocycles. The van der Waals surface area contributed by atoms with Crippen molar-refractivity contribution >= 4 is 21.9 Å². The van der Waals surface area contributed by atoms with Gasteiger partial charge < -0.3 is 5.32 Å². The van der Waals surface area contributed by atoms with Gasteiger partial charge in [0.05, 0.1) is 17.6 Å². The van der Waals surface area contributed by atoms with Crippen LogP contribution in [0.2, 0.25) is 0 Å². The van der Waals surface area contributed by atoms with Gasteiger partial charge in [0.25, 0.3) is 0 Å². The number of hydrogen-bond acceptors (Lipinski definition) is 5. The lowest BCUT2D eigenvalue weighted by molar-refractivity contribution is 0.204. The molecule has 1 atom stereocenters. The molecular weight excluding hydrogens is 441 g/mol. The highest BCUT2D eigenvalue weighted by Crippen LogP contribution is 2.47. The first-order valence-corrected chi connectivity index (χ1v) is 12.5. The van der Waals surface area contributed by atoms with Crippen LogP contribution >= 0.6 is 0 Å². The summed E-state index contributed by atoms with van der Waals surface area (Å²) in [5, 5.41) is 7.47.